The van der Waals surface area contributed by atoms with Crippen molar-refractivity contribution in [2.24, 2.45) is 0 Å². The summed E-state index contributed by atoms with van der Waals surface area (Å²) in [6, 6.07) is 5.86. The van der Waals surface area contributed by atoms with Gasteiger partial charge in [0.05, 0.1) is 0 Å². The lowest BCUT2D eigenvalue weighted by molar-refractivity contribution is 0.0766. The molecule has 0 spiro atoms. The average molecular weight is 334 g/mol. The van der Waals surface area contributed by atoms with E-state index in [0.29, 0.717) is 0 Å². The second-order valence-electron chi connectivity index (χ2n) is 4.41. The number of aryl methyl sites for hydroxylation is 1. The number of hydrogen-bond acceptors (Lipinski definition) is 2. The summed E-state index contributed by atoms with van der Waals surface area (Å²) < 4.78 is 0.966. The van der Waals surface area contributed by atoms with Crippen molar-refractivity contribution in [3.05, 3.63) is 33.8 Å². The van der Waals surface area contributed by atoms with Gasteiger partial charge in [0.15, 0.2) is 0 Å². The highest BCUT2D eigenvalue weighted by atomic mass is 79.9. The topological polar surface area (TPSA) is 32.3 Å². The van der Waals surface area contributed by atoms with Crippen LogP contribution in [0.3, 0.4) is 0 Å². The molecule has 0 aliphatic carbocycles. The monoisotopic (exact) mass is 332 g/mol. The van der Waals surface area contributed by atoms with Crippen molar-refractivity contribution in [1.82, 2.24) is 10.2 Å². The average Bonchev–Trinajstić information content (AvgIpc) is 2.55. The van der Waals surface area contributed by atoms with Crippen LogP contribution in [0.2, 0.25) is 0 Å². The predicted molar refractivity (Wildman–Crippen MR) is 79.5 cm³/mol. The Balaban J connectivity index is 0.00000162. The molecule has 2 rings (SSSR count). The molecule has 1 amide bonds. The number of rotatable bonds is 1. The molecule has 0 bridgehead atoms. The van der Waals surface area contributed by atoms with Crippen LogP contribution >= 0.6 is 28.3 Å². The summed E-state index contributed by atoms with van der Waals surface area (Å²) in [5, 5.41) is 3.30. The van der Waals surface area contributed by atoms with E-state index in [1.54, 1.807) is 0 Å². The first-order valence-corrected chi connectivity index (χ1v) is 6.73. The molecule has 0 radical (unpaired) electrons. The highest BCUT2D eigenvalue weighted by Crippen LogP contribution is 2.17. The molecule has 3 nitrogen and oxygen atoms in total. The van der Waals surface area contributed by atoms with Crippen molar-refractivity contribution in [3.8, 4) is 0 Å². The maximum atomic E-state index is 12.3. The Kier molecular flexibility index (Phi) is 6.12. The SMILES string of the molecule is Cc1cc(Br)cc(C(=O)N2CCCNCC2)c1.Cl. The van der Waals surface area contributed by atoms with Gasteiger partial charge in [0.1, 0.15) is 0 Å². The van der Waals surface area contributed by atoms with Gasteiger partial charge in [-0.1, -0.05) is 15.9 Å². The fourth-order valence-corrected chi connectivity index (χ4v) is 2.70. The first-order chi connectivity index (χ1) is 8.16. The molecule has 18 heavy (non-hydrogen) atoms. The lowest BCUT2D eigenvalue weighted by Crippen LogP contribution is -2.34. The molecule has 0 unspecified atom stereocenters. The third-order valence-corrected chi connectivity index (χ3v) is 3.37. The molecule has 1 aromatic rings. The van der Waals surface area contributed by atoms with Gasteiger partial charge in [-0.25, -0.2) is 0 Å². The summed E-state index contributed by atoms with van der Waals surface area (Å²) in [5.41, 5.74) is 1.88. The lowest BCUT2D eigenvalue weighted by Gasteiger charge is -2.20. The minimum Gasteiger partial charge on any atom is -0.337 e. The van der Waals surface area contributed by atoms with Crippen LogP contribution in [0.1, 0.15) is 22.3 Å². The van der Waals surface area contributed by atoms with Crippen LogP contribution in [0.4, 0.5) is 0 Å². The van der Waals surface area contributed by atoms with Crippen molar-refractivity contribution >= 4 is 34.2 Å². The maximum Gasteiger partial charge on any atom is 0.253 e. The van der Waals surface area contributed by atoms with E-state index in [1.807, 2.05) is 30.0 Å². The van der Waals surface area contributed by atoms with Gasteiger partial charge in [-0.15, -0.1) is 12.4 Å². The number of carbonyl (C=O) groups is 1. The number of halogens is 2. The Bertz CT molecular complexity index is 397. The zero-order valence-electron chi connectivity index (χ0n) is 10.4. The van der Waals surface area contributed by atoms with Crippen molar-refractivity contribution in [2.75, 3.05) is 26.2 Å². The first kappa shape index (κ1) is 15.5. The molecular formula is C13H18BrClN2O. The normalized spacial score (nSPS) is 15.8. The van der Waals surface area contributed by atoms with Gasteiger partial charge in [-0.05, 0) is 43.7 Å². The molecule has 0 aromatic heterocycles. The fourth-order valence-electron chi connectivity index (χ4n) is 2.09. The van der Waals surface area contributed by atoms with Crippen molar-refractivity contribution in [1.29, 1.82) is 0 Å². The minimum atomic E-state index is 0. The van der Waals surface area contributed by atoms with Crippen molar-refractivity contribution in [2.45, 2.75) is 13.3 Å². The molecule has 0 saturated carbocycles. The molecule has 0 atom stereocenters. The van der Waals surface area contributed by atoms with Crippen molar-refractivity contribution < 1.29 is 4.79 Å². The zero-order chi connectivity index (χ0) is 12.3. The van der Waals surface area contributed by atoms with E-state index in [0.717, 1.165) is 48.2 Å². The third kappa shape index (κ3) is 3.97. The van der Waals surface area contributed by atoms with Crippen LogP contribution in [-0.2, 0) is 0 Å². The number of carbonyl (C=O) groups excluding carboxylic acids is 1. The van der Waals surface area contributed by atoms with Gasteiger partial charge in [-0.3, -0.25) is 4.79 Å². The molecule has 1 aromatic carbocycles. The van der Waals surface area contributed by atoms with E-state index < -0.39 is 0 Å². The van der Waals surface area contributed by atoms with E-state index in [1.165, 1.54) is 0 Å². The van der Waals surface area contributed by atoms with E-state index >= 15 is 0 Å². The highest BCUT2D eigenvalue weighted by molar-refractivity contribution is 9.10. The first-order valence-electron chi connectivity index (χ1n) is 5.94. The highest BCUT2D eigenvalue weighted by Gasteiger charge is 2.17. The molecule has 1 fully saturated rings. The van der Waals surface area contributed by atoms with Crippen LogP contribution in [0.25, 0.3) is 0 Å². The van der Waals surface area contributed by atoms with E-state index in [9.17, 15) is 4.79 Å². The summed E-state index contributed by atoms with van der Waals surface area (Å²) in [5.74, 6) is 0.137. The molecular weight excluding hydrogens is 316 g/mol. The summed E-state index contributed by atoms with van der Waals surface area (Å²) in [7, 11) is 0. The van der Waals surface area contributed by atoms with Crippen LogP contribution in [0.15, 0.2) is 22.7 Å². The second-order valence-corrected chi connectivity index (χ2v) is 5.33. The van der Waals surface area contributed by atoms with E-state index in [2.05, 4.69) is 21.2 Å². The molecule has 1 N–H and O–H groups in total. The molecule has 100 valence electrons. The number of nitrogens with zero attached hydrogens (tertiary/aromatic N) is 1. The number of nitrogens with one attached hydrogen (secondary N) is 1. The quantitative estimate of drug-likeness (QED) is 0.857. The summed E-state index contributed by atoms with van der Waals surface area (Å²) in [6.07, 6.45) is 1.03. The largest absolute Gasteiger partial charge is 0.337 e. The third-order valence-electron chi connectivity index (χ3n) is 2.92. The molecule has 1 aliphatic heterocycles. The Hall–Kier alpha value is -0.580. The number of benzene rings is 1. The Labute approximate surface area is 122 Å². The Morgan fingerprint density at radius 1 is 1.28 bits per heavy atom. The van der Waals surface area contributed by atoms with Gasteiger partial charge in [0.2, 0.25) is 0 Å². The van der Waals surface area contributed by atoms with Crippen LogP contribution in [0.5, 0.6) is 0 Å². The minimum absolute atomic E-state index is 0. The standard InChI is InChI=1S/C13H17BrN2O.ClH/c1-10-7-11(9-12(14)8-10)13(17)16-5-2-3-15-4-6-16;/h7-9,15H,2-6H2,1H3;1H. The van der Waals surface area contributed by atoms with Gasteiger partial charge in [0.25, 0.3) is 5.91 Å². The summed E-state index contributed by atoms with van der Waals surface area (Å²) in [4.78, 5) is 14.3. The van der Waals surface area contributed by atoms with Crippen LogP contribution in [-0.4, -0.2) is 37.0 Å². The number of amides is 1. The Morgan fingerprint density at radius 2 is 2.06 bits per heavy atom. The van der Waals surface area contributed by atoms with Gasteiger partial charge >= 0.3 is 0 Å². The zero-order valence-corrected chi connectivity index (χ0v) is 12.8. The van der Waals surface area contributed by atoms with Gasteiger partial charge in [-0.2, -0.15) is 0 Å². The van der Waals surface area contributed by atoms with Crippen LogP contribution < -0.4 is 5.32 Å². The molecule has 1 saturated heterocycles. The maximum absolute atomic E-state index is 12.3. The number of hydrogen-bond donors (Lipinski definition) is 1. The summed E-state index contributed by atoms with van der Waals surface area (Å²) >= 11 is 3.44. The lowest BCUT2D eigenvalue weighted by atomic mass is 10.1. The second kappa shape index (κ2) is 7.12. The Morgan fingerprint density at radius 3 is 2.78 bits per heavy atom. The van der Waals surface area contributed by atoms with E-state index in [4.69, 9.17) is 0 Å². The smallest absolute Gasteiger partial charge is 0.253 e. The molecule has 1 heterocycles. The predicted octanol–water partition coefficient (Wildman–Crippen LogP) is 2.61. The van der Waals surface area contributed by atoms with Crippen LogP contribution in [0, 0.1) is 6.92 Å². The fraction of sp³-hybridized carbons (Fsp3) is 0.462. The van der Waals surface area contributed by atoms with Gasteiger partial charge in [0, 0.05) is 29.7 Å². The molecule has 1 aliphatic rings. The molecule has 5 heteroatoms. The van der Waals surface area contributed by atoms with E-state index in [-0.39, 0.29) is 18.3 Å². The summed E-state index contributed by atoms with van der Waals surface area (Å²) in [6.45, 7) is 5.54. The van der Waals surface area contributed by atoms with Gasteiger partial charge < -0.3 is 10.2 Å². The van der Waals surface area contributed by atoms with Crippen molar-refractivity contribution in [3.63, 3.8) is 0 Å².